The van der Waals surface area contributed by atoms with E-state index in [1.54, 1.807) is 0 Å². The van der Waals surface area contributed by atoms with E-state index in [2.05, 4.69) is 22.4 Å². The highest BCUT2D eigenvalue weighted by atomic mass is 16.4. The molecule has 1 saturated carbocycles. The molecular weight excluding hydrogens is 252 g/mol. The van der Waals surface area contributed by atoms with Crippen molar-refractivity contribution in [2.45, 2.75) is 32.2 Å². The quantitative estimate of drug-likeness (QED) is 0.899. The van der Waals surface area contributed by atoms with Crippen molar-refractivity contribution in [3.05, 3.63) is 35.9 Å². The molecule has 4 heteroatoms. The molecule has 20 heavy (non-hydrogen) atoms. The van der Waals surface area contributed by atoms with Gasteiger partial charge < -0.3 is 10.4 Å². The van der Waals surface area contributed by atoms with Gasteiger partial charge in [-0.25, -0.2) is 4.98 Å². The molecule has 0 saturated heterocycles. The zero-order valence-electron chi connectivity index (χ0n) is 11.5. The Kier molecular flexibility index (Phi) is 3.30. The number of aromatic nitrogens is 1. The SMILES string of the molecule is Cc1cc2ccccc2nc1N[C@H]1CC[C@@H](C(=O)O)C1. The standard InChI is InChI=1S/C16H18N2O2/c1-10-8-11-4-2-3-5-14(11)18-15(10)17-13-7-6-12(9-13)16(19)20/h2-5,8,12-13H,6-7,9H2,1H3,(H,17,18)(H,19,20)/t12-,13+/m1/s1. The highest BCUT2D eigenvalue weighted by Crippen LogP contribution is 2.29. The van der Waals surface area contributed by atoms with Gasteiger partial charge in [-0.1, -0.05) is 18.2 Å². The van der Waals surface area contributed by atoms with E-state index in [9.17, 15) is 4.79 Å². The van der Waals surface area contributed by atoms with E-state index < -0.39 is 5.97 Å². The van der Waals surface area contributed by atoms with Crippen molar-refractivity contribution in [1.29, 1.82) is 0 Å². The number of anilines is 1. The van der Waals surface area contributed by atoms with Crippen LogP contribution in [0.25, 0.3) is 10.9 Å². The molecule has 0 amide bonds. The lowest BCUT2D eigenvalue weighted by Crippen LogP contribution is -2.19. The number of fused-ring (bicyclic) bond motifs is 1. The molecule has 1 heterocycles. The third-order valence-electron chi connectivity index (χ3n) is 4.04. The van der Waals surface area contributed by atoms with Gasteiger partial charge in [-0.05, 0) is 43.9 Å². The Bertz CT molecular complexity index is 654. The molecule has 2 N–H and O–H groups in total. The monoisotopic (exact) mass is 270 g/mol. The second-order valence-corrected chi connectivity index (χ2v) is 5.54. The van der Waals surface area contributed by atoms with Crippen LogP contribution in [0.4, 0.5) is 5.82 Å². The molecule has 2 atom stereocenters. The highest BCUT2D eigenvalue weighted by molar-refractivity contribution is 5.81. The number of benzene rings is 1. The molecule has 1 aliphatic carbocycles. The molecule has 4 nitrogen and oxygen atoms in total. The van der Waals surface area contributed by atoms with E-state index in [1.807, 2.05) is 25.1 Å². The second kappa shape index (κ2) is 5.12. The average molecular weight is 270 g/mol. The number of carboxylic acid groups (broad SMARTS) is 1. The van der Waals surface area contributed by atoms with Crippen molar-refractivity contribution in [2.75, 3.05) is 5.32 Å². The first-order valence-electron chi connectivity index (χ1n) is 6.99. The van der Waals surface area contributed by atoms with Crippen LogP contribution in [-0.4, -0.2) is 22.1 Å². The number of aliphatic carboxylic acids is 1. The summed E-state index contributed by atoms with van der Waals surface area (Å²) in [5.41, 5.74) is 2.07. The topological polar surface area (TPSA) is 62.2 Å². The summed E-state index contributed by atoms with van der Waals surface area (Å²) in [5, 5.41) is 13.6. The van der Waals surface area contributed by atoms with E-state index in [4.69, 9.17) is 5.11 Å². The fourth-order valence-electron chi connectivity index (χ4n) is 2.90. The maximum Gasteiger partial charge on any atom is 0.306 e. The van der Waals surface area contributed by atoms with Gasteiger partial charge in [-0.2, -0.15) is 0 Å². The summed E-state index contributed by atoms with van der Waals surface area (Å²) < 4.78 is 0. The first-order valence-corrected chi connectivity index (χ1v) is 6.99. The third kappa shape index (κ3) is 2.46. The van der Waals surface area contributed by atoms with Gasteiger partial charge in [0.15, 0.2) is 0 Å². The van der Waals surface area contributed by atoms with Gasteiger partial charge >= 0.3 is 5.97 Å². The van der Waals surface area contributed by atoms with Crippen molar-refractivity contribution in [3.8, 4) is 0 Å². The molecule has 0 unspecified atom stereocenters. The molecule has 104 valence electrons. The van der Waals surface area contributed by atoms with E-state index >= 15 is 0 Å². The number of carboxylic acids is 1. The number of para-hydroxylation sites is 1. The summed E-state index contributed by atoms with van der Waals surface area (Å²) >= 11 is 0. The van der Waals surface area contributed by atoms with Crippen LogP contribution in [0.2, 0.25) is 0 Å². The fraction of sp³-hybridized carbons (Fsp3) is 0.375. The number of nitrogens with zero attached hydrogens (tertiary/aromatic N) is 1. The van der Waals surface area contributed by atoms with Crippen LogP contribution >= 0.6 is 0 Å². The van der Waals surface area contributed by atoms with Crippen LogP contribution in [0.3, 0.4) is 0 Å². The van der Waals surface area contributed by atoms with Crippen LogP contribution < -0.4 is 5.32 Å². The maximum absolute atomic E-state index is 11.0. The number of pyridine rings is 1. The second-order valence-electron chi connectivity index (χ2n) is 5.54. The van der Waals surface area contributed by atoms with E-state index in [0.717, 1.165) is 35.1 Å². The molecule has 0 aliphatic heterocycles. The molecule has 0 radical (unpaired) electrons. The molecule has 0 spiro atoms. The molecule has 3 rings (SSSR count). The van der Waals surface area contributed by atoms with Crippen molar-refractivity contribution in [1.82, 2.24) is 4.98 Å². The molecular formula is C16H18N2O2. The lowest BCUT2D eigenvalue weighted by atomic mass is 10.1. The van der Waals surface area contributed by atoms with Gasteiger partial charge in [0.2, 0.25) is 0 Å². The normalized spacial score (nSPS) is 22.1. The van der Waals surface area contributed by atoms with Crippen molar-refractivity contribution < 1.29 is 9.90 Å². The van der Waals surface area contributed by atoms with Crippen LogP contribution in [0.1, 0.15) is 24.8 Å². The summed E-state index contributed by atoms with van der Waals surface area (Å²) in [6, 6.07) is 10.4. The Morgan fingerprint density at radius 3 is 2.90 bits per heavy atom. The molecule has 1 aromatic heterocycles. The minimum atomic E-state index is -0.683. The molecule has 1 fully saturated rings. The van der Waals surface area contributed by atoms with Crippen molar-refractivity contribution in [3.63, 3.8) is 0 Å². The first-order chi connectivity index (χ1) is 9.63. The average Bonchev–Trinajstić information content (AvgIpc) is 2.88. The number of carbonyl (C=O) groups is 1. The lowest BCUT2D eigenvalue weighted by molar-refractivity contribution is -0.141. The predicted octanol–water partition coefficient (Wildman–Crippen LogP) is 3.21. The molecule has 1 aliphatic rings. The van der Waals surface area contributed by atoms with Gasteiger partial charge in [0.1, 0.15) is 5.82 Å². The fourth-order valence-corrected chi connectivity index (χ4v) is 2.90. The lowest BCUT2D eigenvalue weighted by Gasteiger charge is -2.15. The number of nitrogens with one attached hydrogen (secondary N) is 1. The third-order valence-corrected chi connectivity index (χ3v) is 4.04. The van der Waals surface area contributed by atoms with Crippen LogP contribution in [-0.2, 0) is 4.79 Å². The van der Waals surface area contributed by atoms with Crippen molar-refractivity contribution >= 4 is 22.7 Å². The molecule has 2 aromatic rings. The zero-order chi connectivity index (χ0) is 14.1. The Labute approximate surface area is 117 Å². The van der Waals surface area contributed by atoms with E-state index in [-0.39, 0.29) is 12.0 Å². The Balaban J connectivity index is 1.81. The smallest absolute Gasteiger partial charge is 0.306 e. The summed E-state index contributed by atoms with van der Waals surface area (Å²) in [7, 11) is 0. The molecule has 0 bridgehead atoms. The van der Waals surface area contributed by atoms with E-state index in [1.165, 1.54) is 0 Å². The first kappa shape index (κ1) is 12.9. The Morgan fingerprint density at radius 2 is 2.15 bits per heavy atom. The van der Waals surface area contributed by atoms with Gasteiger partial charge in [0, 0.05) is 11.4 Å². The minimum Gasteiger partial charge on any atom is -0.481 e. The van der Waals surface area contributed by atoms with Crippen LogP contribution in [0, 0.1) is 12.8 Å². The van der Waals surface area contributed by atoms with Crippen LogP contribution in [0.15, 0.2) is 30.3 Å². The maximum atomic E-state index is 11.0. The Hall–Kier alpha value is -2.10. The van der Waals surface area contributed by atoms with Gasteiger partial charge in [0.25, 0.3) is 0 Å². The van der Waals surface area contributed by atoms with E-state index in [0.29, 0.717) is 6.42 Å². The van der Waals surface area contributed by atoms with Crippen molar-refractivity contribution in [2.24, 2.45) is 5.92 Å². The van der Waals surface area contributed by atoms with Gasteiger partial charge in [-0.15, -0.1) is 0 Å². The number of hydrogen-bond acceptors (Lipinski definition) is 3. The number of hydrogen-bond donors (Lipinski definition) is 2. The summed E-state index contributed by atoms with van der Waals surface area (Å²) in [4.78, 5) is 15.6. The predicted molar refractivity (Wildman–Crippen MR) is 78.9 cm³/mol. The van der Waals surface area contributed by atoms with Crippen LogP contribution in [0.5, 0.6) is 0 Å². The molecule has 1 aromatic carbocycles. The highest BCUT2D eigenvalue weighted by Gasteiger charge is 2.29. The number of rotatable bonds is 3. The largest absolute Gasteiger partial charge is 0.481 e. The summed E-state index contributed by atoms with van der Waals surface area (Å²) in [5.74, 6) is -0.0227. The number of aryl methyl sites for hydroxylation is 1. The Morgan fingerprint density at radius 1 is 1.35 bits per heavy atom. The zero-order valence-corrected chi connectivity index (χ0v) is 11.5. The van der Waals surface area contributed by atoms with Gasteiger partial charge in [0.05, 0.1) is 11.4 Å². The summed E-state index contributed by atoms with van der Waals surface area (Å²) in [6.07, 6.45) is 2.33. The minimum absolute atomic E-state index is 0.212. The summed E-state index contributed by atoms with van der Waals surface area (Å²) in [6.45, 7) is 2.03. The van der Waals surface area contributed by atoms with Gasteiger partial charge in [-0.3, -0.25) is 4.79 Å².